The van der Waals surface area contributed by atoms with E-state index in [2.05, 4.69) is 29.9 Å². The van der Waals surface area contributed by atoms with Crippen molar-refractivity contribution in [3.63, 3.8) is 0 Å². The van der Waals surface area contributed by atoms with E-state index in [4.69, 9.17) is 28.4 Å². The second kappa shape index (κ2) is 23.7. The fraction of sp³-hybridized carbons (Fsp3) is 0.100. The van der Waals surface area contributed by atoms with Gasteiger partial charge in [0.05, 0.1) is 0 Å². The van der Waals surface area contributed by atoms with Crippen LogP contribution in [-0.4, -0.2) is 65.7 Å². The van der Waals surface area contributed by atoms with Crippen LogP contribution in [0.15, 0.2) is 182 Å². The smallest absolute Gasteiger partial charge is 0.359 e. The van der Waals surface area contributed by atoms with E-state index in [9.17, 15) is 28.8 Å². The molecular weight excluding hydrogens is 997 g/mol. The Morgan fingerprint density at radius 3 is 0.474 bits per heavy atom. The van der Waals surface area contributed by atoms with Gasteiger partial charge in [0.25, 0.3) is 0 Å². The van der Waals surface area contributed by atoms with Crippen molar-refractivity contribution in [1.29, 1.82) is 0 Å². The van der Waals surface area contributed by atoms with Crippen LogP contribution in [0.25, 0.3) is 33.1 Å². The summed E-state index contributed by atoms with van der Waals surface area (Å²) in [7, 11) is 0. The fourth-order valence-corrected chi connectivity index (χ4v) is 7.90. The largest absolute Gasteiger partial charge is 0.456 e. The van der Waals surface area contributed by atoms with E-state index in [0.29, 0.717) is 33.4 Å². The maximum absolute atomic E-state index is 14.4. The van der Waals surface area contributed by atoms with Crippen LogP contribution in [0.1, 0.15) is 96.3 Å². The van der Waals surface area contributed by atoms with Crippen LogP contribution >= 0.6 is 0 Å². The first kappa shape index (κ1) is 50.9. The maximum Gasteiger partial charge on any atom is 0.359 e. The summed E-state index contributed by atoms with van der Waals surface area (Å²) in [6.45, 7) is -1.55. The van der Waals surface area contributed by atoms with Gasteiger partial charge >= 0.3 is 35.8 Å². The number of aromatic nitrogens is 6. The average Bonchev–Trinajstić information content (AvgIpc) is 3.57. The number of ether oxygens (including phenoxy) is 6. The lowest BCUT2D eigenvalue weighted by molar-refractivity contribution is 0.0414. The topological polar surface area (TPSA) is 235 Å². The second-order valence-electron chi connectivity index (χ2n) is 17.2. The molecule has 10 rings (SSSR count). The number of hydrogen-bond acceptors (Lipinski definition) is 18. The first-order valence-electron chi connectivity index (χ1n) is 24.2. The maximum atomic E-state index is 14.4. The quantitative estimate of drug-likeness (QED) is 0.0442. The molecule has 0 amide bonds. The van der Waals surface area contributed by atoms with Crippen molar-refractivity contribution in [2.24, 2.45) is 0 Å². The monoisotopic (exact) mass is 1040 g/mol. The Balaban J connectivity index is 1.22. The normalized spacial score (nSPS) is 10.9. The van der Waals surface area contributed by atoms with Gasteiger partial charge in [-0.1, -0.05) is 182 Å². The summed E-state index contributed by atoms with van der Waals surface area (Å²) < 4.78 is 34.3. The summed E-state index contributed by atoms with van der Waals surface area (Å²) >= 11 is 0. The average molecular weight is 1040 g/mol. The lowest BCUT2D eigenvalue weighted by Crippen LogP contribution is -2.21. The number of rotatable bonds is 18. The highest BCUT2D eigenvalue weighted by Gasteiger charge is 2.34. The molecule has 78 heavy (non-hydrogen) atoms. The molecule has 0 aliphatic rings. The molecule has 0 N–H and O–H groups in total. The van der Waals surface area contributed by atoms with Gasteiger partial charge in [-0.25, -0.2) is 58.7 Å². The SMILES string of the molecule is O=C(OCc1ccccc1)c1nc2c3nc(C(=O)OCc4ccccc4)c(C(=O)OCc4ccccc4)nc3c3nc(C(=O)OCc4ccccc4)c(C(=O)OCc4ccccc4)nc3c2nc1C(=O)OCc1ccccc1. The Morgan fingerprint density at radius 2 is 0.346 bits per heavy atom. The summed E-state index contributed by atoms with van der Waals surface area (Å²) in [5, 5.41) is 0. The standard InChI is InChI=1S/C60H42N6O12/c67-55(73-31-37-19-7-1-8-20-37)49-50(56(68)74-32-38-21-9-2-10-22-38)62-44-43(61-49)45-47(65-52(58(70)76-34-40-25-13-4-14-26-40)51(63-45)57(69)75-33-39-23-11-3-12-24-39)48-46(44)64-53(59(71)77-35-41-27-15-5-16-28-41)54(66-48)60(72)78-36-42-29-17-6-18-30-42/h1-30H,31-36H2. The Morgan fingerprint density at radius 1 is 0.218 bits per heavy atom. The first-order chi connectivity index (χ1) is 38.2. The minimum Gasteiger partial charge on any atom is -0.456 e. The number of benzene rings is 7. The Bertz CT molecular complexity index is 3180. The van der Waals surface area contributed by atoms with E-state index in [1.54, 1.807) is 182 Å². The molecule has 0 spiro atoms. The molecule has 0 fully saturated rings. The zero-order valence-electron chi connectivity index (χ0n) is 41.1. The van der Waals surface area contributed by atoms with Gasteiger partial charge in [0.15, 0.2) is 34.2 Å². The van der Waals surface area contributed by atoms with Gasteiger partial charge in [0.1, 0.15) is 72.7 Å². The van der Waals surface area contributed by atoms with E-state index < -0.39 is 70.0 Å². The Hall–Kier alpha value is -10.6. The van der Waals surface area contributed by atoms with Crippen LogP contribution in [0.4, 0.5) is 0 Å². The van der Waals surface area contributed by atoms with E-state index in [1.807, 2.05) is 0 Å². The van der Waals surface area contributed by atoms with Crippen molar-refractivity contribution < 1.29 is 57.2 Å². The van der Waals surface area contributed by atoms with E-state index in [0.717, 1.165) is 0 Å². The zero-order chi connectivity index (χ0) is 53.8. The molecule has 7 aromatic carbocycles. The molecule has 0 saturated heterocycles. The third kappa shape index (κ3) is 11.8. The van der Waals surface area contributed by atoms with Gasteiger partial charge < -0.3 is 28.4 Å². The minimum absolute atomic E-state index is 0.259. The van der Waals surface area contributed by atoms with Crippen LogP contribution in [0.5, 0.6) is 0 Å². The zero-order valence-corrected chi connectivity index (χ0v) is 41.1. The van der Waals surface area contributed by atoms with Gasteiger partial charge in [0.2, 0.25) is 0 Å². The van der Waals surface area contributed by atoms with Crippen LogP contribution in [0.2, 0.25) is 0 Å². The molecule has 0 aliphatic heterocycles. The highest BCUT2D eigenvalue weighted by molar-refractivity contribution is 6.21. The molecular formula is C60H42N6O12. The van der Waals surface area contributed by atoms with E-state index in [-0.39, 0.29) is 72.7 Å². The number of esters is 6. The van der Waals surface area contributed by atoms with Gasteiger partial charge in [0, 0.05) is 0 Å². The Labute approximate surface area is 443 Å². The van der Waals surface area contributed by atoms with Crippen molar-refractivity contribution in [3.8, 4) is 0 Å². The predicted octanol–water partition coefficient (Wildman–Crippen LogP) is 9.66. The van der Waals surface area contributed by atoms with Crippen molar-refractivity contribution in [1.82, 2.24) is 29.9 Å². The van der Waals surface area contributed by atoms with Crippen molar-refractivity contribution >= 4 is 68.9 Å². The molecule has 0 radical (unpaired) electrons. The number of fused-ring (bicyclic) bond motifs is 6. The highest BCUT2D eigenvalue weighted by Crippen LogP contribution is 2.33. The number of nitrogens with zero attached hydrogens (tertiary/aromatic N) is 6. The van der Waals surface area contributed by atoms with E-state index >= 15 is 0 Å². The van der Waals surface area contributed by atoms with E-state index in [1.165, 1.54) is 0 Å². The molecule has 18 heteroatoms. The summed E-state index contributed by atoms with van der Waals surface area (Å²) in [6, 6.07) is 52.3. The lowest BCUT2D eigenvalue weighted by Gasteiger charge is -2.16. The third-order valence-electron chi connectivity index (χ3n) is 11.8. The third-order valence-corrected chi connectivity index (χ3v) is 11.8. The van der Waals surface area contributed by atoms with Crippen molar-refractivity contribution in [2.75, 3.05) is 0 Å². The van der Waals surface area contributed by atoms with Gasteiger partial charge in [-0.3, -0.25) is 0 Å². The molecule has 0 atom stereocenters. The van der Waals surface area contributed by atoms with Crippen molar-refractivity contribution in [3.05, 3.63) is 250 Å². The minimum atomic E-state index is -1.13. The molecule has 0 saturated carbocycles. The molecule has 18 nitrogen and oxygen atoms in total. The van der Waals surface area contributed by atoms with Crippen LogP contribution < -0.4 is 0 Å². The highest BCUT2D eigenvalue weighted by atomic mass is 16.6. The molecule has 384 valence electrons. The van der Waals surface area contributed by atoms with Gasteiger partial charge in [-0.05, 0) is 33.4 Å². The molecule has 0 aliphatic carbocycles. The van der Waals surface area contributed by atoms with Crippen molar-refractivity contribution in [2.45, 2.75) is 39.6 Å². The molecule has 0 unspecified atom stereocenters. The number of hydrogen-bond donors (Lipinski definition) is 0. The summed E-state index contributed by atoms with van der Waals surface area (Å²) in [4.78, 5) is 114. The Kier molecular flexibility index (Phi) is 15.5. The second-order valence-corrected chi connectivity index (χ2v) is 17.2. The van der Waals surface area contributed by atoms with Crippen LogP contribution in [0.3, 0.4) is 0 Å². The lowest BCUT2D eigenvalue weighted by atomic mass is 10.1. The van der Waals surface area contributed by atoms with Crippen LogP contribution in [-0.2, 0) is 68.1 Å². The molecule has 3 heterocycles. The molecule has 0 bridgehead atoms. The first-order valence-corrected chi connectivity index (χ1v) is 24.2. The van der Waals surface area contributed by atoms with Gasteiger partial charge in [-0.2, -0.15) is 0 Å². The number of carbonyl (C=O) groups is 6. The van der Waals surface area contributed by atoms with Gasteiger partial charge in [-0.15, -0.1) is 0 Å². The van der Waals surface area contributed by atoms with Crippen LogP contribution in [0, 0.1) is 0 Å². The summed E-state index contributed by atoms with van der Waals surface area (Å²) in [5.74, 6) is -6.76. The molecule has 10 aromatic rings. The number of carbonyl (C=O) groups excluding carboxylic acids is 6. The summed E-state index contributed by atoms with van der Waals surface area (Å²) in [5.41, 5.74) is -2.47. The summed E-state index contributed by atoms with van der Waals surface area (Å²) in [6.07, 6.45) is 0. The molecule has 3 aromatic heterocycles. The predicted molar refractivity (Wildman–Crippen MR) is 279 cm³/mol. The fourth-order valence-electron chi connectivity index (χ4n) is 7.90.